The van der Waals surface area contributed by atoms with E-state index in [-0.39, 0.29) is 11.7 Å². The lowest BCUT2D eigenvalue weighted by Crippen LogP contribution is -2.25. The summed E-state index contributed by atoms with van der Waals surface area (Å²) in [6, 6.07) is 10.9. The zero-order chi connectivity index (χ0) is 18.6. The summed E-state index contributed by atoms with van der Waals surface area (Å²) in [5.74, 6) is 0.709. The fourth-order valence-electron chi connectivity index (χ4n) is 2.84. The molecule has 2 N–H and O–H groups in total. The van der Waals surface area contributed by atoms with Crippen LogP contribution in [-0.2, 0) is 16.6 Å². The third kappa shape index (κ3) is 4.13. The molecule has 0 saturated carbocycles. The van der Waals surface area contributed by atoms with E-state index >= 15 is 0 Å². The minimum atomic E-state index is -3.18. The number of hydrogen-bond donors (Lipinski definition) is 2. The van der Waals surface area contributed by atoms with E-state index in [2.05, 4.69) is 15.6 Å². The number of aromatic nitrogens is 1. The Balaban J connectivity index is 1.65. The second-order valence-corrected chi connectivity index (χ2v) is 8.07. The van der Waals surface area contributed by atoms with Gasteiger partial charge in [-0.15, -0.1) is 0 Å². The number of amides is 1. The molecule has 1 aliphatic rings. The molecule has 0 unspecified atom stereocenters. The van der Waals surface area contributed by atoms with Gasteiger partial charge in [-0.25, -0.2) is 13.4 Å². The van der Waals surface area contributed by atoms with E-state index in [1.165, 1.54) is 10.5 Å². The summed E-state index contributed by atoms with van der Waals surface area (Å²) in [5.41, 5.74) is 2.17. The summed E-state index contributed by atoms with van der Waals surface area (Å²) < 4.78 is 25.6. The van der Waals surface area contributed by atoms with Gasteiger partial charge in [0.1, 0.15) is 5.82 Å². The summed E-state index contributed by atoms with van der Waals surface area (Å²) in [6.07, 6.45) is 2.19. The molecule has 2 heterocycles. The lowest BCUT2D eigenvalue weighted by Gasteiger charge is -2.17. The largest absolute Gasteiger partial charge is 0.366 e. The summed E-state index contributed by atoms with van der Waals surface area (Å²) in [4.78, 5) is 16.0. The number of carbonyl (C=O) groups excluding carboxylic acids is 1. The Morgan fingerprint density at radius 1 is 1.27 bits per heavy atom. The van der Waals surface area contributed by atoms with Crippen molar-refractivity contribution in [2.75, 3.05) is 28.5 Å². The molecule has 0 bridgehead atoms. The highest BCUT2D eigenvalue weighted by Gasteiger charge is 2.28. The molecule has 1 amide bonds. The summed E-state index contributed by atoms with van der Waals surface area (Å²) in [7, 11) is -3.18. The second-order valence-electron chi connectivity index (χ2n) is 6.06. The highest BCUT2D eigenvalue weighted by Crippen LogP contribution is 2.25. The van der Waals surface area contributed by atoms with Gasteiger partial charge in [-0.2, -0.15) is 0 Å². The molecule has 8 heteroatoms. The van der Waals surface area contributed by atoms with Gasteiger partial charge in [-0.3, -0.25) is 9.10 Å². The Bertz CT molecular complexity index is 882. The quantitative estimate of drug-likeness (QED) is 0.807. The highest BCUT2D eigenvalue weighted by atomic mass is 32.2. The van der Waals surface area contributed by atoms with Crippen molar-refractivity contribution < 1.29 is 13.2 Å². The smallest absolute Gasteiger partial charge is 0.252 e. The van der Waals surface area contributed by atoms with Crippen LogP contribution in [-0.4, -0.2) is 38.2 Å². The Morgan fingerprint density at radius 2 is 2.12 bits per heavy atom. The first kappa shape index (κ1) is 18.2. The molecule has 0 spiro atoms. The van der Waals surface area contributed by atoms with Crippen LogP contribution in [0, 0.1) is 0 Å². The predicted molar refractivity (Wildman–Crippen MR) is 102 cm³/mol. The second kappa shape index (κ2) is 7.74. The number of hydrogen-bond acceptors (Lipinski definition) is 5. The van der Waals surface area contributed by atoms with E-state index in [1.807, 2.05) is 31.2 Å². The van der Waals surface area contributed by atoms with Crippen LogP contribution >= 0.6 is 0 Å². The first-order valence-corrected chi connectivity index (χ1v) is 10.2. The van der Waals surface area contributed by atoms with Gasteiger partial charge in [-0.05, 0) is 43.2 Å². The molecule has 0 aliphatic carbocycles. The summed E-state index contributed by atoms with van der Waals surface area (Å²) in [6.45, 7) is 3.47. The highest BCUT2D eigenvalue weighted by molar-refractivity contribution is 7.93. The maximum absolute atomic E-state index is 12.1. The van der Waals surface area contributed by atoms with Crippen LogP contribution in [0.3, 0.4) is 0 Å². The van der Waals surface area contributed by atoms with Gasteiger partial charge in [0.25, 0.3) is 5.91 Å². The van der Waals surface area contributed by atoms with Gasteiger partial charge in [-0.1, -0.05) is 12.1 Å². The van der Waals surface area contributed by atoms with Crippen molar-refractivity contribution in [3.63, 3.8) is 0 Å². The lowest BCUT2D eigenvalue weighted by atomic mass is 10.2. The van der Waals surface area contributed by atoms with Crippen LogP contribution in [0.15, 0.2) is 42.6 Å². The molecular formula is C18H22N4O3S. The van der Waals surface area contributed by atoms with Gasteiger partial charge < -0.3 is 10.6 Å². The van der Waals surface area contributed by atoms with Crippen LogP contribution < -0.4 is 14.9 Å². The van der Waals surface area contributed by atoms with Crippen LogP contribution in [0.5, 0.6) is 0 Å². The van der Waals surface area contributed by atoms with Crippen molar-refractivity contribution in [2.45, 2.75) is 19.9 Å². The number of rotatable bonds is 6. The van der Waals surface area contributed by atoms with Gasteiger partial charge in [0.2, 0.25) is 10.0 Å². The van der Waals surface area contributed by atoms with Gasteiger partial charge in [0.15, 0.2) is 0 Å². The van der Waals surface area contributed by atoms with Crippen LogP contribution in [0.1, 0.15) is 29.3 Å². The van der Waals surface area contributed by atoms with E-state index in [1.54, 1.807) is 12.1 Å². The lowest BCUT2D eigenvalue weighted by molar-refractivity contribution is 0.0955. The molecular weight excluding hydrogens is 352 g/mol. The zero-order valence-corrected chi connectivity index (χ0v) is 15.4. The first-order valence-electron chi connectivity index (χ1n) is 8.57. The minimum absolute atomic E-state index is 0.147. The fraction of sp³-hybridized carbons (Fsp3) is 0.333. The van der Waals surface area contributed by atoms with Crippen molar-refractivity contribution >= 4 is 27.4 Å². The molecule has 0 atom stereocenters. The summed E-state index contributed by atoms with van der Waals surface area (Å²) in [5, 5.41) is 5.91. The van der Waals surface area contributed by atoms with Crippen molar-refractivity contribution in [3.8, 4) is 0 Å². The third-order valence-corrected chi connectivity index (χ3v) is 6.00. The van der Waals surface area contributed by atoms with Gasteiger partial charge in [0, 0.05) is 25.8 Å². The maximum atomic E-state index is 12.1. The standard InChI is InChI=1S/C18H22N4O3S/c1-2-19-18(23)15-7-8-17(21-13-15)20-12-14-5-3-6-16(11-14)22-9-4-10-26(22,24)25/h3,5-8,11,13H,2,4,9-10,12H2,1H3,(H,19,23)(H,20,21). The van der Waals surface area contributed by atoms with E-state index < -0.39 is 10.0 Å². The third-order valence-electron chi connectivity index (χ3n) is 4.13. The van der Waals surface area contributed by atoms with E-state index in [9.17, 15) is 13.2 Å². The number of benzene rings is 1. The Kier molecular flexibility index (Phi) is 5.41. The van der Waals surface area contributed by atoms with Gasteiger partial charge in [0.05, 0.1) is 17.0 Å². The molecule has 3 rings (SSSR count). The number of sulfonamides is 1. The topological polar surface area (TPSA) is 91.4 Å². The number of nitrogens with zero attached hydrogens (tertiary/aromatic N) is 2. The summed E-state index contributed by atoms with van der Waals surface area (Å²) >= 11 is 0. The normalized spacial score (nSPS) is 15.7. The molecule has 138 valence electrons. The van der Waals surface area contributed by atoms with E-state index in [0.717, 1.165) is 5.56 Å². The molecule has 1 aliphatic heterocycles. The Hall–Kier alpha value is -2.61. The van der Waals surface area contributed by atoms with Crippen molar-refractivity contribution in [3.05, 3.63) is 53.7 Å². The average molecular weight is 374 g/mol. The molecule has 26 heavy (non-hydrogen) atoms. The monoisotopic (exact) mass is 374 g/mol. The van der Waals surface area contributed by atoms with Gasteiger partial charge >= 0.3 is 0 Å². The van der Waals surface area contributed by atoms with Crippen molar-refractivity contribution in [1.82, 2.24) is 10.3 Å². The van der Waals surface area contributed by atoms with Crippen molar-refractivity contribution in [1.29, 1.82) is 0 Å². The van der Waals surface area contributed by atoms with Crippen LogP contribution in [0.2, 0.25) is 0 Å². The Morgan fingerprint density at radius 3 is 2.77 bits per heavy atom. The molecule has 1 saturated heterocycles. The molecule has 0 radical (unpaired) electrons. The zero-order valence-electron chi connectivity index (χ0n) is 14.6. The predicted octanol–water partition coefficient (Wildman–Crippen LogP) is 1.98. The SMILES string of the molecule is CCNC(=O)c1ccc(NCc2cccc(N3CCCS3(=O)=O)c2)nc1. The molecule has 1 aromatic carbocycles. The number of anilines is 2. The number of pyridine rings is 1. The first-order chi connectivity index (χ1) is 12.5. The van der Waals surface area contributed by atoms with E-state index in [0.29, 0.717) is 43.1 Å². The van der Waals surface area contributed by atoms with Crippen molar-refractivity contribution in [2.24, 2.45) is 0 Å². The number of carbonyl (C=O) groups is 1. The molecule has 2 aromatic rings. The Labute approximate surface area is 153 Å². The fourth-order valence-corrected chi connectivity index (χ4v) is 4.40. The van der Waals surface area contributed by atoms with Crippen LogP contribution in [0.25, 0.3) is 0 Å². The molecule has 1 aromatic heterocycles. The van der Waals surface area contributed by atoms with E-state index in [4.69, 9.17) is 0 Å². The minimum Gasteiger partial charge on any atom is -0.366 e. The molecule has 7 nitrogen and oxygen atoms in total. The average Bonchev–Trinajstić information content (AvgIpc) is 3.00. The molecule has 1 fully saturated rings. The number of nitrogens with one attached hydrogen (secondary N) is 2. The van der Waals surface area contributed by atoms with Crippen LogP contribution in [0.4, 0.5) is 11.5 Å². The maximum Gasteiger partial charge on any atom is 0.252 e.